The topological polar surface area (TPSA) is 75.6 Å². The first kappa shape index (κ1) is 8.73. The molecule has 2 N–H and O–H groups in total. The van der Waals surface area contributed by atoms with E-state index in [1.807, 2.05) is 0 Å². The number of ether oxygens (including phenoxy) is 1. The van der Waals surface area contributed by atoms with E-state index in [-0.39, 0.29) is 24.6 Å². The van der Waals surface area contributed by atoms with Crippen LogP contribution in [0.3, 0.4) is 0 Å². The normalized spacial score (nSPS) is 10.2. The second kappa shape index (κ2) is 3.36. The van der Waals surface area contributed by atoms with Gasteiger partial charge in [0.25, 0.3) is 10.9 Å². The molecular formula is C7H9NO4. The average Bonchev–Trinajstić information content (AvgIpc) is 2.10. The maximum atomic E-state index is 10.8. The Morgan fingerprint density at radius 3 is 2.58 bits per heavy atom. The van der Waals surface area contributed by atoms with E-state index in [2.05, 4.69) is 10.1 Å². The largest absolute Gasteiger partial charge is 0.491 e. The van der Waals surface area contributed by atoms with Crippen LogP contribution >= 0.6 is 0 Å². The van der Waals surface area contributed by atoms with E-state index in [1.54, 1.807) is 0 Å². The monoisotopic (exact) mass is 171 g/mol. The maximum Gasteiger partial charge on any atom is 0.271 e. The van der Waals surface area contributed by atoms with Crippen molar-refractivity contribution in [2.75, 3.05) is 25.6 Å². The Morgan fingerprint density at radius 2 is 2.08 bits per heavy atom. The summed E-state index contributed by atoms with van der Waals surface area (Å²) in [7, 11) is 1.32. The van der Waals surface area contributed by atoms with Crippen molar-refractivity contribution in [2.24, 2.45) is 0 Å². The first-order valence-electron chi connectivity index (χ1n) is 3.44. The molecule has 0 radical (unpaired) electrons. The van der Waals surface area contributed by atoms with Crippen molar-refractivity contribution in [1.82, 2.24) is 0 Å². The molecule has 0 aliphatic carbocycles. The first-order valence-corrected chi connectivity index (χ1v) is 3.44. The molecule has 1 aromatic rings. The van der Waals surface area contributed by atoms with Gasteiger partial charge in [-0.25, -0.2) is 0 Å². The van der Waals surface area contributed by atoms with Crippen LogP contribution in [0.25, 0.3) is 0 Å². The highest BCUT2D eigenvalue weighted by Gasteiger charge is 2.20. The number of methoxy groups -OCH3 is 1. The van der Waals surface area contributed by atoms with Gasteiger partial charge in [-0.1, -0.05) is 0 Å². The van der Waals surface area contributed by atoms with Gasteiger partial charge < -0.3 is 15.2 Å². The average molecular weight is 171 g/mol. The Kier molecular flexibility index (Phi) is 2.44. The van der Waals surface area contributed by atoms with Gasteiger partial charge in [-0.2, -0.15) is 0 Å². The van der Waals surface area contributed by atoms with Crippen molar-refractivity contribution in [1.29, 1.82) is 0 Å². The molecule has 0 amide bonds. The third-order valence-electron chi connectivity index (χ3n) is 1.48. The molecule has 0 fully saturated rings. The fourth-order valence-corrected chi connectivity index (χ4v) is 0.907. The first-order chi connectivity index (χ1) is 5.72. The molecule has 0 atom stereocenters. The molecule has 66 valence electrons. The van der Waals surface area contributed by atoms with Crippen molar-refractivity contribution in [3.05, 3.63) is 20.4 Å². The van der Waals surface area contributed by atoms with Gasteiger partial charge in [0.05, 0.1) is 13.7 Å². The zero-order valence-corrected chi connectivity index (χ0v) is 6.59. The molecule has 0 saturated heterocycles. The third-order valence-corrected chi connectivity index (χ3v) is 1.48. The van der Waals surface area contributed by atoms with Gasteiger partial charge in [0.15, 0.2) is 5.75 Å². The van der Waals surface area contributed by atoms with Crippen LogP contribution in [0.5, 0.6) is 5.75 Å². The molecule has 1 rings (SSSR count). The summed E-state index contributed by atoms with van der Waals surface area (Å²) in [4.78, 5) is 21.5. The van der Waals surface area contributed by atoms with E-state index in [4.69, 9.17) is 5.11 Å². The molecule has 0 aromatic heterocycles. The van der Waals surface area contributed by atoms with E-state index in [9.17, 15) is 9.59 Å². The molecule has 0 aliphatic heterocycles. The second-order valence-corrected chi connectivity index (χ2v) is 2.22. The lowest BCUT2D eigenvalue weighted by Gasteiger charge is -2.09. The summed E-state index contributed by atoms with van der Waals surface area (Å²) >= 11 is 0. The minimum absolute atomic E-state index is 0.0495. The predicted molar refractivity (Wildman–Crippen MR) is 43.5 cm³/mol. The van der Waals surface area contributed by atoms with Gasteiger partial charge in [0.2, 0.25) is 0 Å². The summed E-state index contributed by atoms with van der Waals surface area (Å²) in [6.07, 6.45) is 0. The molecular weight excluding hydrogens is 162 g/mol. The summed E-state index contributed by atoms with van der Waals surface area (Å²) in [5.41, 5.74) is -1.03. The van der Waals surface area contributed by atoms with E-state index in [0.717, 1.165) is 0 Å². The van der Waals surface area contributed by atoms with Crippen LogP contribution in [0.2, 0.25) is 0 Å². The highest BCUT2D eigenvalue weighted by Crippen LogP contribution is 2.15. The summed E-state index contributed by atoms with van der Waals surface area (Å²) in [6.45, 7) is 0.142. The Morgan fingerprint density at radius 1 is 1.42 bits per heavy atom. The Labute approximate surface area is 68.3 Å². The fraction of sp³-hybridized carbons (Fsp3) is 0.429. The summed E-state index contributed by atoms with van der Waals surface area (Å²) in [5.74, 6) is 0.0495. The predicted octanol–water partition coefficient (Wildman–Crippen LogP) is -1.30. The van der Waals surface area contributed by atoms with E-state index < -0.39 is 10.9 Å². The lowest BCUT2D eigenvalue weighted by atomic mass is 10.2. The molecule has 12 heavy (non-hydrogen) atoms. The van der Waals surface area contributed by atoms with Gasteiger partial charge >= 0.3 is 0 Å². The minimum atomic E-state index is -0.613. The van der Waals surface area contributed by atoms with Gasteiger partial charge in [-0.3, -0.25) is 9.59 Å². The minimum Gasteiger partial charge on any atom is -0.491 e. The molecule has 0 aliphatic rings. The summed E-state index contributed by atoms with van der Waals surface area (Å²) < 4.78 is 4.64. The molecule has 1 aromatic carbocycles. The van der Waals surface area contributed by atoms with Crippen LogP contribution in [-0.2, 0) is 0 Å². The van der Waals surface area contributed by atoms with Crippen molar-refractivity contribution in [3.63, 3.8) is 0 Å². The Bertz CT molecular complexity index is 337. The van der Waals surface area contributed by atoms with Crippen LogP contribution in [0.4, 0.5) is 5.69 Å². The number of aliphatic hydroxyl groups is 1. The highest BCUT2D eigenvalue weighted by molar-refractivity contribution is 5.61. The number of anilines is 1. The summed E-state index contributed by atoms with van der Waals surface area (Å²) in [6, 6.07) is 0. The quantitative estimate of drug-likeness (QED) is 0.550. The van der Waals surface area contributed by atoms with Crippen molar-refractivity contribution < 1.29 is 9.84 Å². The molecule has 5 nitrogen and oxygen atoms in total. The molecule has 5 heteroatoms. The third kappa shape index (κ3) is 1.18. The maximum absolute atomic E-state index is 10.8. The smallest absolute Gasteiger partial charge is 0.271 e. The number of hydrogen-bond donors (Lipinski definition) is 2. The van der Waals surface area contributed by atoms with Crippen LogP contribution in [0.15, 0.2) is 9.59 Å². The zero-order valence-electron chi connectivity index (χ0n) is 6.59. The van der Waals surface area contributed by atoms with Gasteiger partial charge in [-0.15, -0.1) is 0 Å². The van der Waals surface area contributed by atoms with Crippen LogP contribution in [0, 0.1) is 0 Å². The number of hydrogen-bond acceptors (Lipinski definition) is 5. The highest BCUT2D eigenvalue weighted by atomic mass is 16.5. The second-order valence-electron chi connectivity index (χ2n) is 2.22. The number of aliphatic hydroxyl groups excluding tert-OH is 1. The number of rotatable bonds is 4. The van der Waals surface area contributed by atoms with E-state index in [0.29, 0.717) is 0 Å². The lowest BCUT2D eigenvalue weighted by Crippen LogP contribution is -2.35. The fourth-order valence-electron chi connectivity index (χ4n) is 0.907. The molecule has 0 bridgehead atoms. The van der Waals surface area contributed by atoms with Crippen molar-refractivity contribution in [2.45, 2.75) is 0 Å². The van der Waals surface area contributed by atoms with Crippen LogP contribution < -0.4 is 20.9 Å². The summed E-state index contributed by atoms with van der Waals surface area (Å²) in [5, 5.41) is 11.0. The SMILES string of the molecule is COc1c(NCCO)c(=O)c1=O. The van der Waals surface area contributed by atoms with Gasteiger partial charge in [0, 0.05) is 6.54 Å². The van der Waals surface area contributed by atoms with Gasteiger partial charge in [-0.05, 0) is 0 Å². The van der Waals surface area contributed by atoms with E-state index >= 15 is 0 Å². The Hall–Kier alpha value is -1.36. The molecule has 0 spiro atoms. The zero-order chi connectivity index (χ0) is 9.14. The van der Waals surface area contributed by atoms with Crippen molar-refractivity contribution in [3.8, 4) is 5.75 Å². The number of nitrogens with one attached hydrogen (secondary N) is 1. The van der Waals surface area contributed by atoms with Crippen molar-refractivity contribution >= 4 is 5.69 Å². The molecule has 0 saturated carbocycles. The lowest BCUT2D eigenvalue weighted by molar-refractivity contribution is 0.310. The molecule has 0 heterocycles. The van der Waals surface area contributed by atoms with Crippen LogP contribution in [0.1, 0.15) is 0 Å². The Balaban J connectivity index is 2.79. The standard InChI is InChI=1S/C7H9NO4/c1-12-7-4(8-2-3-9)5(10)6(7)11/h8-9H,2-3H2,1H3. The van der Waals surface area contributed by atoms with Gasteiger partial charge in [0.1, 0.15) is 5.69 Å². The van der Waals surface area contributed by atoms with E-state index in [1.165, 1.54) is 7.11 Å². The van der Waals surface area contributed by atoms with Crippen LogP contribution in [-0.4, -0.2) is 25.4 Å². The molecule has 0 unspecified atom stereocenters.